The molecule has 0 aromatic heterocycles. The summed E-state index contributed by atoms with van der Waals surface area (Å²) in [5.74, 6) is 0.332. The number of amides is 1. The molecule has 0 heterocycles. The highest BCUT2D eigenvalue weighted by Crippen LogP contribution is 2.27. The van der Waals surface area contributed by atoms with E-state index < -0.39 is 10.0 Å². The molecule has 0 unspecified atom stereocenters. The molecule has 0 saturated heterocycles. The lowest BCUT2D eigenvalue weighted by molar-refractivity contribution is 0.0784. The van der Waals surface area contributed by atoms with Crippen molar-refractivity contribution >= 4 is 33.2 Å². The summed E-state index contributed by atoms with van der Waals surface area (Å²) in [5, 5.41) is 0.0324. The van der Waals surface area contributed by atoms with Crippen LogP contribution in [0, 0.1) is 6.92 Å². The van der Waals surface area contributed by atoms with Gasteiger partial charge in [-0.05, 0) is 42.8 Å². The first kappa shape index (κ1) is 22.7. The van der Waals surface area contributed by atoms with Crippen LogP contribution in [0.15, 0.2) is 71.6 Å². The molecule has 0 fully saturated rings. The molecule has 0 aliphatic heterocycles. The van der Waals surface area contributed by atoms with Crippen LogP contribution >= 0.6 is 11.6 Å². The van der Waals surface area contributed by atoms with E-state index in [1.807, 2.05) is 30.3 Å². The number of rotatable bonds is 7. The monoisotopic (exact) mass is 458 g/mol. The van der Waals surface area contributed by atoms with E-state index in [1.165, 1.54) is 23.1 Å². The lowest BCUT2D eigenvalue weighted by Gasteiger charge is -2.19. The maximum Gasteiger partial charge on any atom is 0.263 e. The molecule has 0 spiro atoms. The number of para-hydroxylation sites is 2. The van der Waals surface area contributed by atoms with E-state index in [0.29, 0.717) is 18.0 Å². The SMILES string of the molecule is COc1ccccc1CN(C)C(=O)c1ccc(Cl)c(S(=O)(=O)Nc2ccccc2C)c1. The number of nitrogens with one attached hydrogen (secondary N) is 1. The fourth-order valence-corrected chi connectivity index (χ4v) is 4.77. The van der Waals surface area contributed by atoms with Crippen molar-refractivity contribution in [1.82, 2.24) is 4.90 Å². The smallest absolute Gasteiger partial charge is 0.263 e. The van der Waals surface area contributed by atoms with E-state index >= 15 is 0 Å². The summed E-state index contributed by atoms with van der Waals surface area (Å²) in [4.78, 5) is 14.3. The first-order chi connectivity index (χ1) is 14.7. The topological polar surface area (TPSA) is 75.7 Å². The number of ether oxygens (including phenoxy) is 1. The molecule has 0 aliphatic carbocycles. The molecular weight excluding hydrogens is 436 g/mol. The van der Waals surface area contributed by atoms with Crippen molar-refractivity contribution in [2.45, 2.75) is 18.4 Å². The van der Waals surface area contributed by atoms with Crippen molar-refractivity contribution in [2.75, 3.05) is 18.9 Å². The Morgan fingerprint density at radius 3 is 2.45 bits per heavy atom. The molecule has 6 nitrogen and oxygen atoms in total. The van der Waals surface area contributed by atoms with Gasteiger partial charge in [-0.2, -0.15) is 0 Å². The van der Waals surface area contributed by atoms with Crippen LogP contribution in [0.1, 0.15) is 21.5 Å². The first-order valence-corrected chi connectivity index (χ1v) is 11.3. The van der Waals surface area contributed by atoms with Crippen LogP contribution in [-0.2, 0) is 16.6 Å². The molecule has 31 heavy (non-hydrogen) atoms. The lowest BCUT2D eigenvalue weighted by Crippen LogP contribution is -2.26. The van der Waals surface area contributed by atoms with Crippen LogP contribution in [0.2, 0.25) is 5.02 Å². The van der Waals surface area contributed by atoms with E-state index in [-0.39, 0.29) is 21.4 Å². The number of aryl methyl sites for hydroxylation is 1. The maximum atomic E-state index is 13.0. The van der Waals surface area contributed by atoms with Crippen molar-refractivity contribution in [3.63, 3.8) is 0 Å². The zero-order valence-electron chi connectivity index (χ0n) is 17.4. The summed E-state index contributed by atoms with van der Waals surface area (Å²) in [6.45, 7) is 2.10. The van der Waals surface area contributed by atoms with Crippen molar-refractivity contribution in [3.05, 3.63) is 88.4 Å². The van der Waals surface area contributed by atoms with Gasteiger partial charge in [0, 0.05) is 24.7 Å². The number of carbonyl (C=O) groups is 1. The van der Waals surface area contributed by atoms with Gasteiger partial charge in [0.25, 0.3) is 15.9 Å². The third-order valence-electron chi connectivity index (χ3n) is 4.80. The minimum atomic E-state index is -3.99. The van der Waals surface area contributed by atoms with Crippen LogP contribution in [0.25, 0.3) is 0 Å². The molecule has 3 aromatic rings. The highest BCUT2D eigenvalue weighted by molar-refractivity contribution is 7.92. The van der Waals surface area contributed by atoms with Gasteiger partial charge in [0.1, 0.15) is 10.6 Å². The van der Waals surface area contributed by atoms with Crippen LogP contribution in [0.3, 0.4) is 0 Å². The second kappa shape index (κ2) is 9.41. The Labute approximate surface area is 187 Å². The third kappa shape index (κ3) is 5.18. The lowest BCUT2D eigenvalue weighted by atomic mass is 10.1. The zero-order valence-corrected chi connectivity index (χ0v) is 19.0. The van der Waals surface area contributed by atoms with Crippen molar-refractivity contribution in [2.24, 2.45) is 0 Å². The number of sulfonamides is 1. The highest BCUT2D eigenvalue weighted by atomic mass is 35.5. The van der Waals surface area contributed by atoms with E-state index in [9.17, 15) is 13.2 Å². The Hall–Kier alpha value is -3.03. The van der Waals surface area contributed by atoms with Gasteiger partial charge in [-0.15, -0.1) is 0 Å². The highest BCUT2D eigenvalue weighted by Gasteiger charge is 2.22. The third-order valence-corrected chi connectivity index (χ3v) is 6.65. The number of benzene rings is 3. The molecule has 3 aromatic carbocycles. The molecule has 0 saturated carbocycles. The number of methoxy groups -OCH3 is 1. The summed E-state index contributed by atoms with van der Waals surface area (Å²) >= 11 is 6.18. The van der Waals surface area contributed by atoms with E-state index in [2.05, 4.69) is 4.72 Å². The number of halogens is 1. The maximum absolute atomic E-state index is 13.0. The number of anilines is 1. The number of hydrogen-bond acceptors (Lipinski definition) is 4. The molecule has 1 N–H and O–H groups in total. The van der Waals surface area contributed by atoms with Gasteiger partial charge in [-0.25, -0.2) is 8.42 Å². The Balaban J connectivity index is 1.87. The molecule has 3 rings (SSSR count). The molecule has 0 radical (unpaired) electrons. The standard InChI is InChI=1S/C23H23ClN2O4S/c1-16-8-4-6-10-20(16)25-31(28,29)22-14-17(12-13-19(22)24)23(27)26(2)15-18-9-5-7-11-21(18)30-3/h4-14,25H,15H2,1-3H3. The molecule has 0 bridgehead atoms. The summed E-state index contributed by atoms with van der Waals surface area (Å²) in [6, 6.07) is 18.6. The van der Waals surface area contributed by atoms with Crippen molar-refractivity contribution in [3.8, 4) is 5.75 Å². The van der Waals surface area contributed by atoms with E-state index in [0.717, 1.165) is 11.1 Å². The minimum absolute atomic E-state index is 0.0324. The summed E-state index contributed by atoms with van der Waals surface area (Å²) in [5.41, 5.74) is 2.27. The van der Waals surface area contributed by atoms with E-state index in [1.54, 1.807) is 39.3 Å². The van der Waals surface area contributed by atoms with Crippen molar-refractivity contribution < 1.29 is 17.9 Å². The molecule has 0 atom stereocenters. The molecule has 162 valence electrons. The van der Waals surface area contributed by atoms with Gasteiger partial charge in [0.2, 0.25) is 0 Å². The summed E-state index contributed by atoms with van der Waals surface area (Å²) in [7, 11) is -0.781. The van der Waals surface area contributed by atoms with Gasteiger partial charge >= 0.3 is 0 Å². The van der Waals surface area contributed by atoms with Gasteiger partial charge in [0.15, 0.2) is 0 Å². The van der Waals surface area contributed by atoms with Crippen molar-refractivity contribution in [1.29, 1.82) is 0 Å². The quantitative estimate of drug-likeness (QED) is 0.555. The predicted octanol–water partition coefficient (Wildman–Crippen LogP) is 4.73. The van der Waals surface area contributed by atoms with Crippen LogP contribution in [-0.4, -0.2) is 33.4 Å². The number of nitrogens with zero attached hydrogens (tertiary/aromatic N) is 1. The second-order valence-corrected chi connectivity index (χ2v) is 9.10. The average molecular weight is 459 g/mol. The second-order valence-electron chi connectivity index (χ2n) is 7.04. The summed E-state index contributed by atoms with van der Waals surface area (Å²) < 4.78 is 33.8. The van der Waals surface area contributed by atoms with Crippen LogP contribution in [0.5, 0.6) is 5.75 Å². The minimum Gasteiger partial charge on any atom is -0.496 e. The Bertz CT molecular complexity index is 1210. The molecule has 8 heteroatoms. The fourth-order valence-electron chi connectivity index (χ4n) is 3.11. The van der Waals surface area contributed by atoms with Gasteiger partial charge in [-0.3, -0.25) is 9.52 Å². The van der Waals surface area contributed by atoms with Gasteiger partial charge < -0.3 is 9.64 Å². The number of hydrogen-bond donors (Lipinski definition) is 1. The Morgan fingerprint density at radius 2 is 1.74 bits per heavy atom. The average Bonchev–Trinajstić information content (AvgIpc) is 2.75. The molecule has 0 aliphatic rings. The van der Waals surface area contributed by atoms with Gasteiger partial charge in [-0.1, -0.05) is 48.0 Å². The van der Waals surface area contributed by atoms with E-state index in [4.69, 9.17) is 16.3 Å². The Morgan fingerprint density at radius 1 is 1.06 bits per heavy atom. The van der Waals surface area contributed by atoms with Gasteiger partial charge in [0.05, 0.1) is 17.8 Å². The normalized spacial score (nSPS) is 11.1. The molecular formula is C23H23ClN2O4S. The Kier molecular flexibility index (Phi) is 6.87. The predicted molar refractivity (Wildman–Crippen MR) is 122 cm³/mol. The zero-order chi connectivity index (χ0) is 22.6. The fraction of sp³-hybridized carbons (Fsp3) is 0.174. The van der Waals surface area contributed by atoms with Crippen LogP contribution in [0.4, 0.5) is 5.69 Å². The molecule has 1 amide bonds. The summed E-state index contributed by atoms with van der Waals surface area (Å²) in [6.07, 6.45) is 0. The number of carbonyl (C=O) groups excluding carboxylic acids is 1. The van der Waals surface area contributed by atoms with Crippen LogP contribution < -0.4 is 9.46 Å². The first-order valence-electron chi connectivity index (χ1n) is 9.48. The largest absolute Gasteiger partial charge is 0.496 e.